The first kappa shape index (κ1) is 22.4. The summed E-state index contributed by atoms with van der Waals surface area (Å²) in [7, 11) is -4.64. The molecular formula is H5LaLi2O4P. The van der Waals surface area contributed by atoms with Crippen LogP contribution in [0.15, 0.2) is 0 Å². The van der Waals surface area contributed by atoms with E-state index in [9.17, 15) is 0 Å². The van der Waals surface area contributed by atoms with E-state index in [4.69, 9.17) is 19.2 Å². The molecule has 0 saturated carbocycles. The van der Waals surface area contributed by atoms with E-state index >= 15 is 0 Å². The summed E-state index contributed by atoms with van der Waals surface area (Å²) in [5, 5.41) is 0. The Morgan fingerprint density at radius 3 is 1.00 bits per heavy atom. The van der Waals surface area contributed by atoms with Gasteiger partial charge in [-0.2, -0.15) is 0 Å². The van der Waals surface area contributed by atoms with Gasteiger partial charge in [-0.25, -0.2) is 4.57 Å². The molecule has 8 heavy (non-hydrogen) atoms. The maximum atomic E-state index is 8.88. The quantitative estimate of drug-likeness (QED) is 0.337. The van der Waals surface area contributed by atoms with E-state index in [1.165, 1.54) is 0 Å². The van der Waals surface area contributed by atoms with E-state index in [0.717, 1.165) is 0 Å². The summed E-state index contributed by atoms with van der Waals surface area (Å²) in [5.74, 6) is 0. The summed E-state index contributed by atoms with van der Waals surface area (Å²) in [6, 6.07) is 0. The first-order valence-corrected chi connectivity index (χ1v) is 2.35. The summed E-state index contributed by atoms with van der Waals surface area (Å²) in [6.07, 6.45) is 0. The second-order valence-electron chi connectivity index (χ2n) is 0.513. The molecule has 39 valence electrons. The van der Waals surface area contributed by atoms with Crippen molar-refractivity contribution < 1.29 is 54.8 Å². The van der Waals surface area contributed by atoms with Crippen molar-refractivity contribution in [2.75, 3.05) is 0 Å². The Morgan fingerprint density at radius 2 is 1.00 bits per heavy atom. The van der Waals surface area contributed by atoms with E-state index in [1.54, 1.807) is 0 Å². The molecule has 0 heterocycles. The third-order valence-electron chi connectivity index (χ3n) is 0. The van der Waals surface area contributed by atoms with Gasteiger partial charge in [-0.1, -0.05) is 0 Å². The molecule has 3 N–H and O–H groups in total. The van der Waals surface area contributed by atoms with Gasteiger partial charge in [0.25, 0.3) is 0 Å². The minimum absolute atomic E-state index is 0. The Balaban J connectivity index is -0.0000000267. The molecule has 4 nitrogen and oxygen atoms in total. The van der Waals surface area contributed by atoms with E-state index in [0.29, 0.717) is 0 Å². The summed E-state index contributed by atoms with van der Waals surface area (Å²) < 4.78 is 8.88. The van der Waals surface area contributed by atoms with Crippen LogP contribution in [0.25, 0.3) is 0 Å². The van der Waals surface area contributed by atoms with Crippen molar-refractivity contribution in [1.82, 2.24) is 0 Å². The molecule has 0 unspecified atom stereocenters. The van der Waals surface area contributed by atoms with Crippen molar-refractivity contribution in [3.8, 4) is 0 Å². The van der Waals surface area contributed by atoms with Gasteiger partial charge in [-0.3, -0.25) is 0 Å². The third kappa shape index (κ3) is 76.5. The minimum atomic E-state index is -4.64. The van der Waals surface area contributed by atoms with Gasteiger partial charge in [0.2, 0.25) is 0 Å². The van der Waals surface area contributed by atoms with Crippen LogP contribution in [0.5, 0.6) is 0 Å². The second-order valence-corrected chi connectivity index (χ2v) is 1.54. The Bertz CT molecular complexity index is 60.2. The van der Waals surface area contributed by atoms with E-state index in [1.807, 2.05) is 0 Å². The predicted molar refractivity (Wildman–Crippen MR) is 28.6 cm³/mol. The zero-order valence-electron chi connectivity index (χ0n) is 2.77. The Hall–Kier alpha value is 2.50. The van der Waals surface area contributed by atoms with Crippen LogP contribution in [0, 0.1) is 35.6 Å². The van der Waals surface area contributed by atoms with E-state index in [-0.39, 0.29) is 73.3 Å². The third-order valence-corrected chi connectivity index (χ3v) is 0. The molecule has 0 saturated heterocycles. The molecule has 0 aliphatic rings. The molecule has 0 rings (SSSR count). The maximum absolute atomic E-state index is 8.88. The van der Waals surface area contributed by atoms with Gasteiger partial charge in [-0.05, 0) is 0 Å². The molecule has 1 radical (unpaired) electrons. The molecule has 0 amide bonds. The van der Waals surface area contributed by atoms with Crippen LogP contribution in [0.4, 0.5) is 0 Å². The van der Waals surface area contributed by atoms with Crippen molar-refractivity contribution in [2.45, 2.75) is 0 Å². The van der Waals surface area contributed by atoms with Crippen LogP contribution in [-0.2, 0) is 4.57 Å². The van der Waals surface area contributed by atoms with Crippen LogP contribution in [-0.4, -0.2) is 52.4 Å². The number of phosphoric acid groups is 1. The van der Waals surface area contributed by atoms with Gasteiger partial charge in [0.1, 0.15) is 0 Å². The fourth-order valence-corrected chi connectivity index (χ4v) is 0. The van der Waals surface area contributed by atoms with Crippen LogP contribution in [0.2, 0.25) is 0 Å². The zero-order chi connectivity index (χ0) is 4.50. The van der Waals surface area contributed by atoms with Crippen molar-refractivity contribution in [3.05, 3.63) is 0 Å². The molecule has 0 atom stereocenters. The molecule has 0 aromatic carbocycles. The summed E-state index contributed by atoms with van der Waals surface area (Å²) in [5.41, 5.74) is 0. The standard InChI is InChI=1S/La.2Li.H3O4P.2H/c;;;1-5(2,3)4;;/h;;;(H3,1,2,3,4);;. The van der Waals surface area contributed by atoms with Crippen LogP contribution in [0.3, 0.4) is 0 Å². The van der Waals surface area contributed by atoms with Crippen LogP contribution < -0.4 is 0 Å². The average molecular weight is 253 g/mol. The fraction of sp³-hybridized carbons (Fsp3) is 0. The summed E-state index contributed by atoms with van der Waals surface area (Å²) in [6.45, 7) is 0. The molecular weight excluding hydrogens is 248 g/mol. The molecule has 0 fully saturated rings. The number of hydrogen-bond donors (Lipinski definition) is 3. The molecule has 8 heteroatoms. The first-order valence-electron chi connectivity index (χ1n) is 0.783. The normalized spacial score (nSPS) is 7.38. The molecule has 0 aliphatic carbocycles. The van der Waals surface area contributed by atoms with Gasteiger partial charge in [0.05, 0.1) is 0 Å². The summed E-state index contributed by atoms with van der Waals surface area (Å²) in [4.78, 5) is 21.6. The van der Waals surface area contributed by atoms with Gasteiger partial charge in [0, 0.05) is 35.6 Å². The van der Waals surface area contributed by atoms with Crippen molar-refractivity contribution in [2.24, 2.45) is 0 Å². The SMILES string of the molecule is O=P(O)(O)O.[La].[LiH].[LiH]. The van der Waals surface area contributed by atoms with Crippen LogP contribution >= 0.6 is 7.82 Å². The Morgan fingerprint density at radius 1 is 1.00 bits per heavy atom. The molecule has 0 aromatic rings. The number of hydrogen-bond acceptors (Lipinski definition) is 1. The molecule has 0 aliphatic heterocycles. The molecule has 0 spiro atoms. The van der Waals surface area contributed by atoms with Gasteiger partial charge in [0.15, 0.2) is 0 Å². The summed E-state index contributed by atoms with van der Waals surface area (Å²) >= 11 is 0. The van der Waals surface area contributed by atoms with Crippen molar-refractivity contribution >= 4 is 45.5 Å². The van der Waals surface area contributed by atoms with E-state index in [2.05, 4.69) is 0 Å². The van der Waals surface area contributed by atoms with Gasteiger partial charge in [-0.15, -0.1) is 0 Å². The monoisotopic (exact) mass is 253 g/mol. The van der Waals surface area contributed by atoms with Gasteiger partial charge < -0.3 is 14.7 Å². The van der Waals surface area contributed by atoms with Crippen molar-refractivity contribution in [1.29, 1.82) is 0 Å². The topological polar surface area (TPSA) is 77.8 Å². The van der Waals surface area contributed by atoms with Gasteiger partial charge >= 0.3 is 45.5 Å². The molecule has 0 bridgehead atoms. The predicted octanol–water partition coefficient (Wildman–Crippen LogP) is -2.23. The van der Waals surface area contributed by atoms with E-state index < -0.39 is 7.82 Å². The Labute approximate surface area is 99.0 Å². The number of rotatable bonds is 0. The van der Waals surface area contributed by atoms with Crippen molar-refractivity contribution in [3.63, 3.8) is 0 Å². The van der Waals surface area contributed by atoms with Crippen LogP contribution in [0.1, 0.15) is 0 Å². The zero-order valence-corrected chi connectivity index (χ0v) is 7.29. The fourth-order valence-electron chi connectivity index (χ4n) is 0. The Kier molecular flexibility index (Phi) is 26.6. The average Bonchev–Trinajstić information content (AvgIpc) is 0.722. The first-order chi connectivity index (χ1) is 2.00. The molecule has 0 aromatic heterocycles. The second kappa shape index (κ2) is 9.50.